The summed E-state index contributed by atoms with van der Waals surface area (Å²) in [5.74, 6) is -0.219. The molecular formula is C17H21N3O2. The van der Waals surface area contributed by atoms with E-state index in [1.165, 1.54) is 12.5 Å². The number of nitrogens with one attached hydrogen (secondary N) is 2. The molecule has 2 N–H and O–H groups in total. The van der Waals surface area contributed by atoms with Crippen molar-refractivity contribution in [3.05, 3.63) is 59.9 Å². The van der Waals surface area contributed by atoms with Crippen LogP contribution in [0.3, 0.4) is 0 Å². The fourth-order valence-electron chi connectivity index (χ4n) is 2.21. The topological polar surface area (TPSA) is 63.1 Å². The molecule has 2 aromatic rings. The molecule has 1 aromatic carbocycles. The molecule has 0 saturated carbocycles. The van der Waals surface area contributed by atoms with E-state index in [4.69, 9.17) is 0 Å². The third kappa shape index (κ3) is 4.77. The van der Waals surface area contributed by atoms with Crippen LogP contribution in [0.5, 0.6) is 0 Å². The van der Waals surface area contributed by atoms with Crippen molar-refractivity contribution in [3.63, 3.8) is 0 Å². The summed E-state index contributed by atoms with van der Waals surface area (Å²) in [6.07, 6.45) is 2.79. The average Bonchev–Trinajstić information content (AvgIpc) is 2.99. The van der Waals surface area contributed by atoms with Crippen molar-refractivity contribution in [2.24, 2.45) is 0 Å². The summed E-state index contributed by atoms with van der Waals surface area (Å²) in [4.78, 5) is 22.9. The molecule has 0 atom stereocenters. The van der Waals surface area contributed by atoms with Gasteiger partial charge in [0.05, 0.1) is 0 Å². The minimum atomic E-state index is -0.122. The zero-order valence-corrected chi connectivity index (χ0v) is 12.7. The first-order chi connectivity index (χ1) is 10.7. The molecule has 0 spiro atoms. The van der Waals surface area contributed by atoms with Gasteiger partial charge in [-0.1, -0.05) is 30.3 Å². The molecule has 116 valence electrons. The SMILES string of the molecule is CC(=O)NCCNC(=O)c1cccn1CCc1ccccc1. The molecule has 2 amide bonds. The van der Waals surface area contributed by atoms with Crippen LogP contribution in [-0.4, -0.2) is 29.5 Å². The second-order valence-electron chi connectivity index (χ2n) is 5.06. The van der Waals surface area contributed by atoms with Gasteiger partial charge in [0.15, 0.2) is 0 Å². The van der Waals surface area contributed by atoms with E-state index in [0.717, 1.165) is 13.0 Å². The lowest BCUT2D eigenvalue weighted by Crippen LogP contribution is -2.34. The van der Waals surface area contributed by atoms with Crippen LogP contribution < -0.4 is 10.6 Å². The molecule has 0 bridgehead atoms. The van der Waals surface area contributed by atoms with Crippen LogP contribution in [0.25, 0.3) is 0 Å². The molecule has 0 radical (unpaired) electrons. The van der Waals surface area contributed by atoms with Crippen molar-refractivity contribution in [2.75, 3.05) is 13.1 Å². The van der Waals surface area contributed by atoms with Gasteiger partial charge in [0.1, 0.15) is 5.69 Å². The molecule has 22 heavy (non-hydrogen) atoms. The Bertz CT molecular complexity index is 620. The van der Waals surface area contributed by atoms with Gasteiger partial charge in [0.2, 0.25) is 5.91 Å². The molecule has 0 fully saturated rings. The predicted octanol–water partition coefficient (Wildman–Crippen LogP) is 1.60. The standard InChI is InChI=1S/C17H21N3O2/c1-14(21)18-10-11-19-17(22)16-8-5-12-20(16)13-9-15-6-3-2-4-7-15/h2-8,12H,9-11,13H2,1H3,(H,18,21)(H,19,22). The van der Waals surface area contributed by atoms with E-state index in [1.54, 1.807) is 6.07 Å². The summed E-state index contributed by atoms with van der Waals surface area (Å²) in [6.45, 7) is 3.07. The lowest BCUT2D eigenvalue weighted by molar-refractivity contribution is -0.118. The number of carbonyl (C=O) groups excluding carboxylic acids is 2. The summed E-state index contributed by atoms with van der Waals surface area (Å²) >= 11 is 0. The minimum absolute atomic E-state index is 0.0968. The molecule has 2 rings (SSSR count). The van der Waals surface area contributed by atoms with E-state index >= 15 is 0 Å². The Kier molecular flexibility index (Phi) is 5.77. The van der Waals surface area contributed by atoms with Crippen LogP contribution >= 0.6 is 0 Å². The van der Waals surface area contributed by atoms with E-state index in [-0.39, 0.29) is 11.8 Å². The quantitative estimate of drug-likeness (QED) is 0.763. The number of aromatic nitrogens is 1. The third-order valence-electron chi connectivity index (χ3n) is 3.33. The highest BCUT2D eigenvalue weighted by Crippen LogP contribution is 2.06. The number of hydrogen-bond acceptors (Lipinski definition) is 2. The van der Waals surface area contributed by atoms with Gasteiger partial charge in [0, 0.05) is 32.8 Å². The van der Waals surface area contributed by atoms with Crippen molar-refractivity contribution in [2.45, 2.75) is 19.9 Å². The average molecular weight is 299 g/mol. The Morgan fingerprint density at radius 3 is 2.45 bits per heavy atom. The Morgan fingerprint density at radius 2 is 1.73 bits per heavy atom. The highest BCUT2D eigenvalue weighted by atomic mass is 16.2. The van der Waals surface area contributed by atoms with Gasteiger partial charge in [-0.2, -0.15) is 0 Å². The van der Waals surface area contributed by atoms with Gasteiger partial charge < -0.3 is 15.2 Å². The zero-order chi connectivity index (χ0) is 15.8. The number of carbonyl (C=O) groups is 2. The van der Waals surface area contributed by atoms with Crippen molar-refractivity contribution in [3.8, 4) is 0 Å². The van der Waals surface area contributed by atoms with Crippen LogP contribution in [0.2, 0.25) is 0 Å². The molecule has 0 unspecified atom stereocenters. The van der Waals surface area contributed by atoms with Gasteiger partial charge in [-0.15, -0.1) is 0 Å². The van der Waals surface area contributed by atoms with Crippen molar-refractivity contribution >= 4 is 11.8 Å². The fourth-order valence-corrected chi connectivity index (χ4v) is 2.21. The first kappa shape index (κ1) is 15.8. The second-order valence-corrected chi connectivity index (χ2v) is 5.06. The molecule has 1 heterocycles. The van der Waals surface area contributed by atoms with E-state index in [1.807, 2.05) is 35.0 Å². The molecular weight excluding hydrogens is 278 g/mol. The number of aryl methyl sites for hydroxylation is 2. The first-order valence-corrected chi connectivity index (χ1v) is 7.38. The summed E-state index contributed by atoms with van der Waals surface area (Å²) in [5, 5.41) is 5.45. The third-order valence-corrected chi connectivity index (χ3v) is 3.33. The Labute approximate surface area is 130 Å². The molecule has 1 aromatic heterocycles. The van der Waals surface area contributed by atoms with Crippen LogP contribution in [0, 0.1) is 0 Å². The van der Waals surface area contributed by atoms with Gasteiger partial charge in [-0.3, -0.25) is 9.59 Å². The number of nitrogens with zero attached hydrogens (tertiary/aromatic N) is 1. The van der Waals surface area contributed by atoms with Gasteiger partial charge >= 0.3 is 0 Å². The Morgan fingerprint density at radius 1 is 1.00 bits per heavy atom. The zero-order valence-electron chi connectivity index (χ0n) is 12.7. The maximum absolute atomic E-state index is 12.1. The van der Waals surface area contributed by atoms with Crippen LogP contribution in [0.4, 0.5) is 0 Å². The van der Waals surface area contributed by atoms with Gasteiger partial charge in [0.25, 0.3) is 5.91 Å². The van der Waals surface area contributed by atoms with Crippen molar-refractivity contribution in [1.29, 1.82) is 0 Å². The maximum Gasteiger partial charge on any atom is 0.267 e. The predicted molar refractivity (Wildman–Crippen MR) is 85.6 cm³/mol. The van der Waals surface area contributed by atoms with Crippen LogP contribution in [0.15, 0.2) is 48.7 Å². The lowest BCUT2D eigenvalue weighted by Gasteiger charge is -2.10. The van der Waals surface area contributed by atoms with Crippen molar-refractivity contribution < 1.29 is 9.59 Å². The fraction of sp³-hybridized carbons (Fsp3) is 0.294. The number of rotatable bonds is 7. The largest absolute Gasteiger partial charge is 0.355 e. The monoisotopic (exact) mass is 299 g/mol. The Hall–Kier alpha value is -2.56. The van der Waals surface area contributed by atoms with Crippen LogP contribution in [-0.2, 0) is 17.8 Å². The summed E-state index contributed by atoms with van der Waals surface area (Å²) in [5.41, 5.74) is 1.88. The molecule has 0 aliphatic rings. The van der Waals surface area contributed by atoms with E-state index < -0.39 is 0 Å². The van der Waals surface area contributed by atoms with Gasteiger partial charge in [-0.25, -0.2) is 0 Å². The number of hydrogen-bond donors (Lipinski definition) is 2. The molecule has 0 saturated heterocycles. The summed E-state index contributed by atoms with van der Waals surface area (Å²) in [7, 11) is 0. The summed E-state index contributed by atoms with van der Waals surface area (Å²) in [6, 6.07) is 13.9. The van der Waals surface area contributed by atoms with Gasteiger partial charge in [-0.05, 0) is 24.1 Å². The van der Waals surface area contributed by atoms with E-state index in [0.29, 0.717) is 18.8 Å². The number of amides is 2. The maximum atomic E-state index is 12.1. The highest BCUT2D eigenvalue weighted by Gasteiger charge is 2.10. The molecule has 5 heteroatoms. The minimum Gasteiger partial charge on any atom is -0.355 e. The molecule has 0 aliphatic heterocycles. The normalized spacial score (nSPS) is 10.2. The lowest BCUT2D eigenvalue weighted by atomic mass is 10.1. The second kappa shape index (κ2) is 8.02. The molecule has 5 nitrogen and oxygen atoms in total. The summed E-state index contributed by atoms with van der Waals surface area (Å²) < 4.78 is 1.95. The van der Waals surface area contributed by atoms with E-state index in [9.17, 15) is 9.59 Å². The van der Waals surface area contributed by atoms with E-state index in [2.05, 4.69) is 22.8 Å². The number of benzene rings is 1. The molecule has 0 aliphatic carbocycles. The first-order valence-electron chi connectivity index (χ1n) is 7.38. The highest BCUT2D eigenvalue weighted by molar-refractivity contribution is 5.92. The smallest absolute Gasteiger partial charge is 0.267 e. The van der Waals surface area contributed by atoms with Crippen LogP contribution in [0.1, 0.15) is 23.0 Å². The Balaban J connectivity index is 1.86. The van der Waals surface area contributed by atoms with Crippen molar-refractivity contribution in [1.82, 2.24) is 15.2 Å².